The van der Waals surface area contributed by atoms with Gasteiger partial charge in [0.1, 0.15) is 16.6 Å². The van der Waals surface area contributed by atoms with Crippen LogP contribution >= 0.6 is 11.3 Å². The second-order valence-corrected chi connectivity index (χ2v) is 10.5. The molecule has 0 unspecified atom stereocenters. The number of rotatable bonds is 6. The Morgan fingerprint density at radius 1 is 1.26 bits per heavy atom. The van der Waals surface area contributed by atoms with E-state index in [4.69, 9.17) is 14.2 Å². The van der Waals surface area contributed by atoms with Crippen molar-refractivity contribution in [3.8, 4) is 0 Å². The van der Waals surface area contributed by atoms with Gasteiger partial charge >= 0.3 is 69.3 Å². The molecular weight excluding hydrogens is 559 g/mol. The summed E-state index contributed by atoms with van der Waals surface area (Å²) < 4.78 is 17.0. The molecule has 2 aliphatic carbocycles. The average molecular weight is 589 g/mol. The number of methoxy groups -OCH3 is 1. The molecule has 0 aromatic carbocycles. The van der Waals surface area contributed by atoms with Crippen molar-refractivity contribution >= 4 is 40.3 Å². The molecule has 200 valence electrons. The quantitative estimate of drug-likeness (QED) is 0.132. The van der Waals surface area contributed by atoms with E-state index in [0.29, 0.717) is 42.0 Å². The zero-order valence-corrected chi connectivity index (χ0v) is 26.9. The summed E-state index contributed by atoms with van der Waals surface area (Å²) >= 11 is 1.32. The summed E-state index contributed by atoms with van der Waals surface area (Å²) in [6.07, 6.45) is 10.3. The Bertz CT molecular complexity index is 1180. The van der Waals surface area contributed by atoms with Gasteiger partial charge in [0, 0.05) is 35.6 Å². The van der Waals surface area contributed by atoms with E-state index in [-0.39, 0.29) is 82.0 Å². The van der Waals surface area contributed by atoms with Crippen molar-refractivity contribution in [1.82, 2.24) is 4.98 Å². The molecule has 2 bridgehead atoms. The van der Waals surface area contributed by atoms with Crippen molar-refractivity contribution < 1.29 is 97.2 Å². The van der Waals surface area contributed by atoms with Crippen molar-refractivity contribution in [2.75, 3.05) is 12.4 Å². The maximum absolute atomic E-state index is 13.6. The van der Waals surface area contributed by atoms with Gasteiger partial charge in [-0.2, -0.15) is 0 Å². The summed E-state index contributed by atoms with van der Waals surface area (Å²) in [4.78, 5) is 54.7. The Morgan fingerprint density at radius 2 is 2.00 bits per heavy atom. The van der Waals surface area contributed by atoms with E-state index in [1.54, 1.807) is 49.7 Å². The third-order valence-electron chi connectivity index (χ3n) is 7.65. The van der Waals surface area contributed by atoms with E-state index in [2.05, 4.69) is 10.3 Å². The largest absolute Gasteiger partial charge is 1.00 e. The summed E-state index contributed by atoms with van der Waals surface area (Å²) in [7, 11) is 1.32. The van der Waals surface area contributed by atoms with E-state index in [9.17, 15) is 19.2 Å². The fraction of sp³-hybridized carbons (Fsp3) is 0.500. The summed E-state index contributed by atoms with van der Waals surface area (Å²) in [5.74, 6) is -2.00. The van der Waals surface area contributed by atoms with Crippen molar-refractivity contribution in [3.05, 3.63) is 47.0 Å². The van der Waals surface area contributed by atoms with E-state index < -0.39 is 34.5 Å². The molecular formula is C26H30ClKN2O7S. The number of anilines is 1. The summed E-state index contributed by atoms with van der Waals surface area (Å²) in [6, 6.07) is 0. The van der Waals surface area contributed by atoms with Crippen LogP contribution in [0.15, 0.2) is 47.0 Å². The van der Waals surface area contributed by atoms with Crippen LogP contribution in [0.1, 0.15) is 52.9 Å². The number of carbonyl (C=O) groups excluding carboxylic acids is 4. The van der Waals surface area contributed by atoms with E-state index >= 15 is 0 Å². The normalized spacial score (nSPS) is 30.0. The predicted octanol–water partition coefficient (Wildman–Crippen LogP) is -2.11. The van der Waals surface area contributed by atoms with Crippen LogP contribution in [-0.2, 0) is 33.4 Å². The zero-order valence-electron chi connectivity index (χ0n) is 22.2. The average Bonchev–Trinajstić information content (AvgIpc) is 3.38. The first-order chi connectivity index (χ1) is 17.1. The molecule has 1 aromatic heterocycles. The first kappa shape index (κ1) is 32.9. The van der Waals surface area contributed by atoms with E-state index in [1.165, 1.54) is 25.4 Å². The number of hydrogen-bond donors (Lipinski definition) is 1. The first-order valence-corrected chi connectivity index (χ1v) is 12.7. The van der Waals surface area contributed by atoms with Crippen LogP contribution in [0.4, 0.5) is 5.13 Å². The van der Waals surface area contributed by atoms with Crippen LogP contribution < -0.4 is 69.1 Å². The molecule has 38 heavy (non-hydrogen) atoms. The predicted molar refractivity (Wildman–Crippen MR) is 132 cm³/mol. The first-order valence-electron chi connectivity index (χ1n) is 11.8. The Kier molecular flexibility index (Phi) is 11.1. The van der Waals surface area contributed by atoms with E-state index in [1.807, 2.05) is 0 Å². The summed E-state index contributed by atoms with van der Waals surface area (Å²) in [6.45, 7) is 4.81. The minimum Gasteiger partial charge on any atom is -1.00 e. The van der Waals surface area contributed by atoms with Crippen LogP contribution in [0.3, 0.4) is 0 Å². The molecule has 1 aromatic rings. The number of halogens is 1. The maximum atomic E-state index is 13.6. The summed E-state index contributed by atoms with van der Waals surface area (Å²) in [5.41, 5.74) is -2.35. The van der Waals surface area contributed by atoms with Gasteiger partial charge in [-0.3, -0.25) is 19.7 Å². The number of amides is 1. The van der Waals surface area contributed by atoms with Crippen molar-refractivity contribution in [3.63, 3.8) is 0 Å². The van der Waals surface area contributed by atoms with Crippen molar-refractivity contribution in [1.29, 1.82) is 0 Å². The van der Waals surface area contributed by atoms with Crippen molar-refractivity contribution in [2.24, 2.45) is 11.3 Å². The third kappa shape index (κ3) is 5.89. The number of ether oxygens (including phenoxy) is 3. The second-order valence-electron chi connectivity index (χ2n) is 9.66. The minimum absolute atomic E-state index is 0. The monoisotopic (exact) mass is 588 g/mol. The Hall–Kier alpha value is -1.34. The fourth-order valence-corrected chi connectivity index (χ4v) is 6.46. The Labute approximate surface area is 274 Å². The van der Waals surface area contributed by atoms with Gasteiger partial charge in [-0.05, 0) is 52.0 Å². The van der Waals surface area contributed by atoms with Crippen LogP contribution in [0.25, 0.3) is 0 Å². The molecule has 0 spiro atoms. The molecule has 1 aliphatic heterocycles. The molecule has 1 amide bonds. The number of carbonyl (C=O) groups is 4. The van der Waals surface area contributed by atoms with Crippen LogP contribution in [-0.4, -0.2) is 47.1 Å². The number of hydrogen-bond acceptors (Lipinski definition) is 9. The molecule has 4 rings (SSSR count). The topological polar surface area (TPSA) is 121 Å². The number of nitrogens with one attached hydrogen (secondary N) is 1. The van der Waals surface area contributed by atoms with Gasteiger partial charge in [-0.1, -0.05) is 18.2 Å². The van der Waals surface area contributed by atoms with Gasteiger partial charge in [0.05, 0.1) is 7.11 Å². The number of nitrogens with zero attached hydrogens (tertiary/aromatic N) is 1. The van der Waals surface area contributed by atoms with Gasteiger partial charge in [0.15, 0.2) is 5.13 Å². The molecule has 1 saturated carbocycles. The Morgan fingerprint density at radius 3 is 2.63 bits per heavy atom. The maximum Gasteiger partial charge on any atom is 1.00 e. The van der Waals surface area contributed by atoms with Crippen LogP contribution in [0, 0.1) is 11.3 Å². The minimum atomic E-state index is -1.12. The fourth-order valence-electron chi connectivity index (χ4n) is 5.94. The Balaban J connectivity index is 0.00000253. The second kappa shape index (κ2) is 12.9. The number of thiazole rings is 1. The number of allylic oxidation sites excluding steroid dienone is 3. The molecule has 1 N–H and O–H groups in total. The molecule has 1 saturated heterocycles. The summed E-state index contributed by atoms with van der Waals surface area (Å²) in [5, 5.41) is 4.99. The molecule has 9 nitrogen and oxygen atoms in total. The van der Waals surface area contributed by atoms with Gasteiger partial charge in [0.25, 0.3) is 5.91 Å². The molecule has 12 heteroatoms. The molecule has 3 aliphatic rings. The van der Waals surface area contributed by atoms with Crippen molar-refractivity contribution in [2.45, 2.75) is 64.1 Å². The molecule has 2 heterocycles. The van der Waals surface area contributed by atoms with Gasteiger partial charge in [-0.15, -0.1) is 11.3 Å². The smallest absolute Gasteiger partial charge is 1.00 e. The third-order valence-corrected chi connectivity index (χ3v) is 8.34. The van der Waals surface area contributed by atoms with E-state index in [0.717, 1.165) is 0 Å². The van der Waals surface area contributed by atoms with Crippen LogP contribution in [0.5, 0.6) is 0 Å². The zero-order chi connectivity index (χ0) is 26.1. The standard InChI is InChI=1S/C26H30N2O7S.ClH.K/c1-16(20(30)28-23-27-14-15-36-23)6-5-10-24(3)19-9-12-25(22(32)35-24)11-7-18(21(31)33-4)8-13-26(19,25)34-17(2)29;;/h5-7,10,14-15,19H,8-9,11-13H2,1-4H3,(H,27,28,30);1H;/q;;+1/p-1/b10-5+,16-6+;;/t19-,24+,25+,26-;;/m0../s1. The van der Waals surface area contributed by atoms with Crippen LogP contribution in [0.2, 0.25) is 0 Å². The number of aromatic nitrogens is 1. The van der Waals surface area contributed by atoms with Gasteiger partial charge < -0.3 is 26.6 Å². The number of cyclic esters (lactones) is 1. The van der Waals surface area contributed by atoms with Gasteiger partial charge in [0.2, 0.25) is 0 Å². The molecule has 0 radical (unpaired) electrons. The molecule has 2 fully saturated rings. The number of esters is 3. The van der Waals surface area contributed by atoms with Gasteiger partial charge in [-0.25, -0.2) is 9.78 Å². The molecule has 4 atom stereocenters. The SMILES string of the molecule is COC(=O)C1=CC[C@@]23CC[C@@H]([C@@](C)(/C=C/C=C(\C)C(=O)Nc4nccs4)OC2=O)[C@@]3(OC(C)=O)CC1.[Cl-].[K+].